The molecule has 1 aromatic rings. The number of rotatable bonds is 5. The van der Waals surface area contributed by atoms with E-state index in [1.54, 1.807) is 0 Å². The quantitative estimate of drug-likeness (QED) is 0.820. The van der Waals surface area contributed by atoms with Crippen molar-refractivity contribution in [3.05, 3.63) is 23.8 Å². The number of ether oxygens (including phenoxy) is 2. The minimum atomic E-state index is -3.99. The summed E-state index contributed by atoms with van der Waals surface area (Å²) in [6.07, 6.45) is 0. The fourth-order valence-corrected chi connectivity index (χ4v) is 2.09. The SMILES string of the molecule is COC(=O)c1cc(OCC(C)C)ccc1S(N)(=O)=O. The summed E-state index contributed by atoms with van der Waals surface area (Å²) < 4.78 is 32.7. The molecule has 0 bridgehead atoms. The zero-order valence-corrected chi connectivity index (χ0v) is 11.9. The van der Waals surface area contributed by atoms with Gasteiger partial charge in [-0.3, -0.25) is 0 Å². The summed E-state index contributed by atoms with van der Waals surface area (Å²) in [7, 11) is -2.83. The van der Waals surface area contributed by atoms with E-state index in [0.29, 0.717) is 18.3 Å². The summed E-state index contributed by atoms with van der Waals surface area (Å²) in [5.41, 5.74) is -0.133. The molecule has 0 unspecified atom stereocenters. The Balaban J connectivity index is 3.20. The summed E-state index contributed by atoms with van der Waals surface area (Å²) in [6.45, 7) is 4.40. The highest BCUT2D eigenvalue weighted by molar-refractivity contribution is 7.89. The third-order valence-corrected chi connectivity index (χ3v) is 3.22. The van der Waals surface area contributed by atoms with Crippen molar-refractivity contribution >= 4 is 16.0 Å². The number of esters is 1. The Morgan fingerprint density at radius 1 is 1.37 bits per heavy atom. The van der Waals surface area contributed by atoms with Gasteiger partial charge in [0.25, 0.3) is 0 Å². The highest BCUT2D eigenvalue weighted by Crippen LogP contribution is 2.22. The third-order valence-electron chi connectivity index (χ3n) is 2.25. The van der Waals surface area contributed by atoms with Crippen LogP contribution in [0.4, 0.5) is 0 Å². The summed E-state index contributed by atoms with van der Waals surface area (Å²) in [6, 6.07) is 4.00. The minimum absolute atomic E-state index is 0.133. The Bertz CT molecular complexity index is 565. The predicted octanol–water partition coefficient (Wildman–Crippen LogP) is 1.16. The fraction of sp³-hybridized carbons (Fsp3) is 0.417. The van der Waals surface area contributed by atoms with Crippen molar-refractivity contribution in [2.24, 2.45) is 11.1 Å². The molecule has 0 spiro atoms. The summed E-state index contributed by atoms with van der Waals surface area (Å²) in [5.74, 6) is -0.0833. The van der Waals surface area contributed by atoms with Gasteiger partial charge in [-0.15, -0.1) is 0 Å². The second-order valence-electron chi connectivity index (χ2n) is 4.40. The van der Waals surface area contributed by atoms with Gasteiger partial charge in [-0.2, -0.15) is 0 Å². The van der Waals surface area contributed by atoms with Crippen LogP contribution in [0, 0.1) is 5.92 Å². The molecule has 1 rings (SSSR count). The Kier molecular flexibility index (Phi) is 4.90. The van der Waals surface area contributed by atoms with Gasteiger partial charge < -0.3 is 9.47 Å². The lowest BCUT2D eigenvalue weighted by molar-refractivity contribution is 0.0595. The molecule has 0 aliphatic heterocycles. The summed E-state index contributed by atoms with van der Waals surface area (Å²) in [5, 5.41) is 5.05. The van der Waals surface area contributed by atoms with Gasteiger partial charge >= 0.3 is 5.97 Å². The molecule has 1 aromatic carbocycles. The van der Waals surface area contributed by atoms with Gasteiger partial charge in [0, 0.05) is 0 Å². The van der Waals surface area contributed by atoms with Crippen molar-refractivity contribution in [1.82, 2.24) is 0 Å². The van der Waals surface area contributed by atoms with Gasteiger partial charge in [0.2, 0.25) is 10.0 Å². The second kappa shape index (κ2) is 6.03. The molecule has 0 fully saturated rings. The lowest BCUT2D eigenvalue weighted by Crippen LogP contribution is -2.17. The fourth-order valence-electron chi connectivity index (χ4n) is 1.38. The number of carbonyl (C=O) groups excluding carboxylic acids is 1. The zero-order chi connectivity index (χ0) is 14.6. The molecular weight excluding hydrogens is 270 g/mol. The number of hydrogen-bond donors (Lipinski definition) is 1. The average Bonchev–Trinajstić information content (AvgIpc) is 2.33. The minimum Gasteiger partial charge on any atom is -0.493 e. The Morgan fingerprint density at radius 2 is 2.00 bits per heavy atom. The predicted molar refractivity (Wildman–Crippen MR) is 69.5 cm³/mol. The molecule has 0 amide bonds. The molecule has 0 saturated carbocycles. The Hall–Kier alpha value is -1.60. The first-order valence-corrected chi connectivity index (χ1v) is 7.18. The smallest absolute Gasteiger partial charge is 0.339 e. The van der Waals surface area contributed by atoms with Crippen LogP contribution in [0.15, 0.2) is 23.1 Å². The average molecular weight is 287 g/mol. The van der Waals surface area contributed by atoms with E-state index in [9.17, 15) is 13.2 Å². The van der Waals surface area contributed by atoms with Crippen molar-refractivity contribution < 1.29 is 22.7 Å². The number of carbonyl (C=O) groups is 1. The van der Waals surface area contributed by atoms with Crippen LogP contribution >= 0.6 is 0 Å². The van der Waals surface area contributed by atoms with Crippen molar-refractivity contribution in [2.45, 2.75) is 18.7 Å². The first kappa shape index (κ1) is 15.5. The van der Waals surface area contributed by atoms with E-state index in [4.69, 9.17) is 9.88 Å². The molecule has 0 aromatic heterocycles. The van der Waals surface area contributed by atoms with Crippen molar-refractivity contribution in [3.63, 3.8) is 0 Å². The lowest BCUT2D eigenvalue weighted by Gasteiger charge is -2.11. The van der Waals surface area contributed by atoms with Gasteiger partial charge in [-0.05, 0) is 24.1 Å². The highest BCUT2D eigenvalue weighted by Gasteiger charge is 2.20. The van der Waals surface area contributed by atoms with E-state index >= 15 is 0 Å². The standard InChI is InChI=1S/C12H17NO5S/c1-8(2)7-18-9-4-5-11(19(13,15)16)10(6-9)12(14)17-3/h4-6,8H,7H2,1-3H3,(H2,13,15,16). The van der Waals surface area contributed by atoms with Crippen molar-refractivity contribution in [2.75, 3.05) is 13.7 Å². The van der Waals surface area contributed by atoms with Gasteiger partial charge in [-0.1, -0.05) is 13.8 Å². The van der Waals surface area contributed by atoms with Crippen LogP contribution in [-0.4, -0.2) is 28.1 Å². The second-order valence-corrected chi connectivity index (χ2v) is 5.93. The Morgan fingerprint density at radius 3 is 2.47 bits per heavy atom. The van der Waals surface area contributed by atoms with Crippen LogP contribution in [0.1, 0.15) is 24.2 Å². The molecule has 7 heteroatoms. The molecule has 0 saturated heterocycles. The van der Waals surface area contributed by atoms with Crippen molar-refractivity contribution in [1.29, 1.82) is 0 Å². The van der Waals surface area contributed by atoms with E-state index in [1.807, 2.05) is 13.8 Å². The van der Waals surface area contributed by atoms with Gasteiger partial charge in [0.1, 0.15) is 5.75 Å². The number of benzene rings is 1. The summed E-state index contributed by atoms with van der Waals surface area (Å²) in [4.78, 5) is 11.3. The Labute approximate surface area is 112 Å². The van der Waals surface area contributed by atoms with Crippen LogP contribution in [0.2, 0.25) is 0 Å². The highest BCUT2D eigenvalue weighted by atomic mass is 32.2. The van der Waals surface area contributed by atoms with Crippen molar-refractivity contribution in [3.8, 4) is 5.75 Å². The van der Waals surface area contributed by atoms with E-state index in [2.05, 4.69) is 4.74 Å². The first-order chi connectivity index (χ1) is 8.75. The molecule has 106 valence electrons. The van der Waals surface area contributed by atoms with E-state index < -0.39 is 16.0 Å². The normalized spacial score (nSPS) is 11.4. The van der Waals surface area contributed by atoms with Crippen LogP contribution in [0.25, 0.3) is 0 Å². The monoisotopic (exact) mass is 287 g/mol. The van der Waals surface area contributed by atoms with Crippen LogP contribution in [-0.2, 0) is 14.8 Å². The van der Waals surface area contributed by atoms with Crippen LogP contribution in [0.3, 0.4) is 0 Å². The first-order valence-electron chi connectivity index (χ1n) is 5.63. The third kappa shape index (κ3) is 4.22. The lowest BCUT2D eigenvalue weighted by atomic mass is 10.2. The van der Waals surface area contributed by atoms with Gasteiger partial charge in [0.15, 0.2) is 0 Å². The topological polar surface area (TPSA) is 95.7 Å². The van der Waals surface area contributed by atoms with E-state index in [-0.39, 0.29) is 10.5 Å². The molecule has 0 aliphatic carbocycles. The summed E-state index contributed by atoms with van der Waals surface area (Å²) >= 11 is 0. The maximum atomic E-state index is 11.6. The number of hydrogen-bond acceptors (Lipinski definition) is 5. The van der Waals surface area contributed by atoms with E-state index in [1.165, 1.54) is 18.2 Å². The number of nitrogens with two attached hydrogens (primary N) is 1. The van der Waals surface area contributed by atoms with Crippen LogP contribution in [0.5, 0.6) is 5.75 Å². The molecule has 0 radical (unpaired) electrons. The maximum Gasteiger partial charge on any atom is 0.339 e. The number of sulfonamides is 1. The molecule has 2 N–H and O–H groups in total. The molecule has 19 heavy (non-hydrogen) atoms. The van der Waals surface area contributed by atoms with Gasteiger partial charge in [-0.25, -0.2) is 18.4 Å². The zero-order valence-electron chi connectivity index (χ0n) is 11.0. The number of methoxy groups -OCH3 is 1. The van der Waals surface area contributed by atoms with E-state index in [0.717, 1.165) is 7.11 Å². The molecular formula is C12H17NO5S. The molecule has 0 atom stereocenters. The maximum absolute atomic E-state index is 11.6. The molecule has 6 nitrogen and oxygen atoms in total. The number of primary sulfonamides is 1. The van der Waals surface area contributed by atoms with Crippen LogP contribution < -0.4 is 9.88 Å². The molecule has 0 heterocycles. The largest absolute Gasteiger partial charge is 0.493 e. The molecule has 0 aliphatic rings. The van der Waals surface area contributed by atoms with Gasteiger partial charge in [0.05, 0.1) is 24.2 Å².